The van der Waals surface area contributed by atoms with Crippen molar-refractivity contribution >= 4 is 33.2 Å². The summed E-state index contributed by atoms with van der Waals surface area (Å²) in [4.78, 5) is 15.0. The number of carbonyl (C=O) groups excluding carboxylic acids is 1. The number of aromatic nitrogens is 3. The molecule has 0 radical (unpaired) electrons. The molecule has 21 heavy (non-hydrogen) atoms. The highest BCUT2D eigenvalue weighted by atomic mass is 79.9. The van der Waals surface area contributed by atoms with E-state index in [9.17, 15) is 4.79 Å². The van der Waals surface area contributed by atoms with E-state index >= 15 is 0 Å². The fraction of sp³-hybridized carbons (Fsp3) is 0.462. The van der Waals surface area contributed by atoms with Crippen LogP contribution in [0.4, 0.5) is 0 Å². The van der Waals surface area contributed by atoms with Gasteiger partial charge in [0, 0.05) is 30.1 Å². The maximum absolute atomic E-state index is 12.4. The number of ether oxygens (including phenoxy) is 1. The first-order valence-corrected chi connectivity index (χ1v) is 8.27. The summed E-state index contributed by atoms with van der Waals surface area (Å²) >= 11 is 4.84. The molecule has 6 nitrogen and oxygen atoms in total. The van der Waals surface area contributed by atoms with Crippen molar-refractivity contribution in [3.63, 3.8) is 0 Å². The molecular formula is C13H15BrN4O2S. The smallest absolute Gasteiger partial charge is 0.264 e. The van der Waals surface area contributed by atoms with Gasteiger partial charge in [0.25, 0.3) is 5.91 Å². The zero-order valence-corrected chi connectivity index (χ0v) is 13.9. The van der Waals surface area contributed by atoms with Gasteiger partial charge in [-0.1, -0.05) is 5.21 Å². The first kappa shape index (κ1) is 14.7. The first-order valence-electron chi connectivity index (χ1n) is 6.60. The van der Waals surface area contributed by atoms with Gasteiger partial charge in [0.1, 0.15) is 5.69 Å². The predicted octanol–water partition coefficient (Wildman–Crippen LogP) is 2.34. The van der Waals surface area contributed by atoms with Crippen LogP contribution in [0.25, 0.3) is 0 Å². The third kappa shape index (κ3) is 3.17. The van der Waals surface area contributed by atoms with Crippen molar-refractivity contribution in [1.29, 1.82) is 0 Å². The molecule has 8 heteroatoms. The summed E-state index contributed by atoms with van der Waals surface area (Å²) in [6.45, 7) is 1.88. The van der Waals surface area contributed by atoms with Gasteiger partial charge in [-0.2, -0.15) is 0 Å². The van der Waals surface area contributed by atoms with E-state index in [1.807, 2.05) is 27.2 Å². The highest BCUT2D eigenvalue weighted by Gasteiger charge is 2.29. The second kappa shape index (κ2) is 6.25. The highest BCUT2D eigenvalue weighted by Crippen LogP contribution is 2.26. The zero-order chi connectivity index (χ0) is 14.8. The summed E-state index contributed by atoms with van der Waals surface area (Å²) in [5.74, 6) is 0.0884. The minimum absolute atomic E-state index is 0.0884. The Morgan fingerprint density at radius 2 is 2.48 bits per heavy atom. The third-order valence-corrected chi connectivity index (χ3v) is 5.13. The standard InChI is InChI=1S/C13H15BrN4O2S/c1-20-7-10-5-18(16-15-10)11-2-3-17(6-11)13(19)12-4-9(14)8-21-12/h4-5,8,11H,2-3,6-7H2,1H3. The second-order valence-corrected chi connectivity index (χ2v) is 6.77. The Hall–Kier alpha value is -1.25. The van der Waals surface area contributed by atoms with Crippen LogP contribution >= 0.6 is 27.3 Å². The summed E-state index contributed by atoms with van der Waals surface area (Å²) in [7, 11) is 1.63. The lowest BCUT2D eigenvalue weighted by atomic mass is 10.3. The van der Waals surface area contributed by atoms with Crippen LogP contribution in [-0.4, -0.2) is 46.0 Å². The SMILES string of the molecule is COCc1cn(C2CCN(C(=O)c3cc(Br)cs3)C2)nn1. The van der Waals surface area contributed by atoms with Crippen LogP contribution in [0, 0.1) is 0 Å². The largest absolute Gasteiger partial charge is 0.378 e. The summed E-state index contributed by atoms with van der Waals surface area (Å²) in [5, 5.41) is 10.1. The Labute approximate surface area is 134 Å². The van der Waals surface area contributed by atoms with Crippen LogP contribution in [0.15, 0.2) is 22.1 Å². The second-order valence-electron chi connectivity index (χ2n) is 4.95. The third-order valence-electron chi connectivity index (χ3n) is 3.45. The Morgan fingerprint density at radius 1 is 1.62 bits per heavy atom. The van der Waals surface area contributed by atoms with E-state index in [0.717, 1.165) is 28.0 Å². The van der Waals surface area contributed by atoms with E-state index in [1.54, 1.807) is 7.11 Å². The molecule has 112 valence electrons. The molecule has 1 unspecified atom stereocenters. The predicted molar refractivity (Wildman–Crippen MR) is 82.3 cm³/mol. The van der Waals surface area contributed by atoms with Crippen molar-refractivity contribution in [2.24, 2.45) is 0 Å². The van der Waals surface area contributed by atoms with Gasteiger partial charge in [-0.25, -0.2) is 4.68 Å². The average Bonchev–Trinajstić information content (AvgIpc) is 3.17. The van der Waals surface area contributed by atoms with Gasteiger partial charge in [-0.05, 0) is 28.4 Å². The molecule has 1 aliphatic rings. The summed E-state index contributed by atoms with van der Waals surface area (Å²) in [6.07, 6.45) is 2.79. The molecule has 2 aromatic rings. The lowest BCUT2D eigenvalue weighted by Crippen LogP contribution is -2.28. The van der Waals surface area contributed by atoms with Crippen molar-refractivity contribution in [2.75, 3.05) is 20.2 Å². The Balaban J connectivity index is 1.65. The van der Waals surface area contributed by atoms with Gasteiger partial charge in [0.05, 0.1) is 23.7 Å². The van der Waals surface area contributed by atoms with E-state index in [2.05, 4.69) is 26.2 Å². The number of halogens is 1. The number of methoxy groups -OCH3 is 1. The summed E-state index contributed by atoms with van der Waals surface area (Å²) in [5.41, 5.74) is 0.810. The van der Waals surface area contributed by atoms with Gasteiger partial charge in [-0.3, -0.25) is 4.79 Å². The zero-order valence-electron chi connectivity index (χ0n) is 11.5. The molecule has 0 spiro atoms. The molecule has 0 bridgehead atoms. The van der Waals surface area contributed by atoms with Gasteiger partial charge >= 0.3 is 0 Å². The van der Waals surface area contributed by atoms with Crippen molar-refractivity contribution < 1.29 is 9.53 Å². The van der Waals surface area contributed by atoms with Crippen LogP contribution < -0.4 is 0 Å². The fourth-order valence-corrected chi connectivity index (χ4v) is 3.82. The number of carbonyl (C=O) groups is 1. The minimum Gasteiger partial charge on any atom is -0.378 e. The number of likely N-dealkylation sites (tertiary alicyclic amines) is 1. The maximum atomic E-state index is 12.4. The van der Waals surface area contributed by atoms with E-state index in [1.165, 1.54) is 11.3 Å². The molecule has 0 saturated carbocycles. The van der Waals surface area contributed by atoms with Crippen molar-refractivity contribution in [3.8, 4) is 0 Å². The minimum atomic E-state index is 0.0884. The molecule has 2 aromatic heterocycles. The number of hydrogen-bond acceptors (Lipinski definition) is 5. The number of thiophene rings is 1. The normalized spacial score (nSPS) is 18.4. The molecular weight excluding hydrogens is 356 g/mol. The average molecular weight is 371 g/mol. The molecule has 3 heterocycles. The van der Waals surface area contributed by atoms with Crippen LogP contribution in [0.2, 0.25) is 0 Å². The summed E-state index contributed by atoms with van der Waals surface area (Å²) in [6, 6.07) is 2.06. The van der Waals surface area contributed by atoms with Gasteiger partial charge in [0.2, 0.25) is 0 Å². The maximum Gasteiger partial charge on any atom is 0.264 e. The number of nitrogens with zero attached hydrogens (tertiary/aromatic N) is 4. The van der Waals surface area contributed by atoms with E-state index in [4.69, 9.17) is 4.74 Å². The lowest BCUT2D eigenvalue weighted by Gasteiger charge is -2.15. The molecule has 1 fully saturated rings. The summed E-state index contributed by atoms with van der Waals surface area (Å²) < 4.78 is 7.83. The van der Waals surface area contributed by atoms with Crippen LogP contribution in [0.3, 0.4) is 0 Å². The topological polar surface area (TPSA) is 60.2 Å². The monoisotopic (exact) mass is 370 g/mol. The van der Waals surface area contributed by atoms with Gasteiger partial charge < -0.3 is 9.64 Å². The molecule has 3 rings (SSSR count). The van der Waals surface area contributed by atoms with Crippen molar-refractivity contribution in [1.82, 2.24) is 19.9 Å². The molecule has 0 N–H and O–H groups in total. The molecule has 1 saturated heterocycles. The molecule has 1 amide bonds. The highest BCUT2D eigenvalue weighted by molar-refractivity contribution is 9.10. The molecule has 1 atom stereocenters. The molecule has 0 aliphatic carbocycles. The van der Waals surface area contributed by atoms with E-state index in [0.29, 0.717) is 13.2 Å². The number of amides is 1. The van der Waals surface area contributed by atoms with Crippen LogP contribution in [0.5, 0.6) is 0 Å². The van der Waals surface area contributed by atoms with E-state index < -0.39 is 0 Å². The quantitative estimate of drug-likeness (QED) is 0.828. The number of rotatable bonds is 4. The van der Waals surface area contributed by atoms with Crippen LogP contribution in [0.1, 0.15) is 27.8 Å². The Morgan fingerprint density at radius 3 is 3.19 bits per heavy atom. The lowest BCUT2D eigenvalue weighted by molar-refractivity contribution is 0.0791. The van der Waals surface area contributed by atoms with Crippen molar-refractivity contribution in [2.45, 2.75) is 19.1 Å². The molecule has 1 aliphatic heterocycles. The fourth-order valence-electron chi connectivity index (χ4n) is 2.43. The Kier molecular flexibility index (Phi) is 4.37. The van der Waals surface area contributed by atoms with Crippen molar-refractivity contribution in [3.05, 3.63) is 32.7 Å². The number of hydrogen-bond donors (Lipinski definition) is 0. The molecule has 0 aromatic carbocycles. The first-order chi connectivity index (χ1) is 10.2. The Bertz CT molecular complexity index is 642. The van der Waals surface area contributed by atoms with E-state index in [-0.39, 0.29) is 11.9 Å². The van der Waals surface area contributed by atoms with Crippen LogP contribution in [-0.2, 0) is 11.3 Å². The van der Waals surface area contributed by atoms with Gasteiger partial charge in [-0.15, -0.1) is 16.4 Å². The van der Waals surface area contributed by atoms with Gasteiger partial charge in [0.15, 0.2) is 0 Å².